The van der Waals surface area contributed by atoms with Gasteiger partial charge in [0.05, 0.1) is 19.8 Å². The molecule has 0 radical (unpaired) electrons. The topological polar surface area (TPSA) is 49.8 Å². The maximum absolute atomic E-state index is 12.8. The molecule has 2 aromatic carbocycles. The molecule has 0 bridgehead atoms. The highest BCUT2D eigenvalue weighted by Gasteiger charge is 2.34. The quantitative estimate of drug-likeness (QED) is 0.765. The molecule has 2 aromatic rings. The lowest BCUT2D eigenvalue weighted by molar-refractivity contribution is -0.131. The van der Waals surface area contributed by atoms with E-state index in [1.807, 2.05) is 24.3 Å². The molecule has 0 saturated heterocycles. The lowest BCUT2D eigenvalue weighted by Crippen LogP contribution is -2.32. The zero-order chi connectivity index (χ0) is 19.4. The highest BCUT2D eigenvalue weighted by Crippen LogP contribution is 2.44. The molecule has 4 heteroatoms. The Balaban J connectivity index is 1.62. The minimum Gasteiger partial charge on any atom is -0.497 e. The number of amides is 1. The summed E-state index contributed by atoms with van der Waals surface area (Å²) in [7, 11) is 3.37. The summed E-state index contributed by atoms with van der Waals surface area (Å²) in [5.41, 5.74) is 3.24. The van der Waals surface area contributed by atoms with Gasteiger partial charge in [0.1, 0.15) is 5.75 Å². The van der Waals surface area contributed by atoms with Crippen molar-refractivity contribution in [2.45, 2.75) is 38.2 Å². The molecule has 1 saturated carbocycles. The summed E-state index contributed by atoms with van der Waals surface area (Å²) in [4.78, 5) is 14.5. The number of benzene rings is 2. The second-order valence-corrected chi connectivity index (χ2v) is 7.63. The van der Waals surface area contributed by atoms with Crippen LogP contribution in [0.4, 0.5) is 0 Å². The number of hydrogen-bond acceptors (Lipinski definition) is 3. The van der Waals surface area contributed by atoms with Gasteiger partial charge >= 0.3 is 0 Å². The summed E-state index contributed by atoms with van der Waals surface area (Å²) in [6.45, 7) is 2.35. The average Bonchev–Trinajstić information content (AvgIpc) is 3.51. The second kappa shape index (κ2) is 8.57. The van der Waals surface area contributed by atoms with Crippen molar-refractivity contribution in [1.29, 1.82) is 0 Å². The molecule has 0 heterocycles. The Labute approximate surface area is 161 Å². The number of rotatable bonds is 8. The van der Waals surface area contributed by atoms with Gasteiger partial charge in [-0.15, -0.1) is 0 Å². The number of methoxy groups -OCH3 is 1. The average molecular weight is 367 g/mol. The summed E-state index contributed by atoms with van der Waals surface area (Å²) in [5.74, 6) is 1.66. The third-order valence-corrected chi connectivity index (χ3v) is 5.44. The highest BCUT2D eigenvalue weighted by atomic mass is 16.5. The molecule has 2 unspecified atom stereocenters. The number of hydrogen-bond donors (Lipinski definition) is 1. The summed E-state index contributed by atoms with van der Waals surface area (Å²) in [6, 6.07) is 15.9. The number of carbonyl (C=O) groups is 1. The molecule has 1 aliphatic rings. The first kappa shape index (κ1) is 19.4. The largest absolute Gasteiger partial charge is 0.497 e. The van der Waals surface area contributed by atoms with Gasteiger partial charge in [0.15, 0.2) is 0 Å². The van der Waals surface area contributed by atoms with E-state index >= 15 is 0 Å². The molecule has 0 aliphatic heterocycles. The minimum atomic E-state index is -0.729. The van der Waals surface area contributed by atoms with Crippen molar-refractivity contribution < 1.29 is 14.6 Å². The number of aliphatic hydroxyl groups is 1. The van der Waals surface area contributed by atoms with E-state index in [2.05, 4.69) is 31.2 Å². The Morgan fingerprint density at radius 3 is 2.52 bits per heavy atom. The predicted octanol–water partition coefficient (Wildman–Crippen LogP) is 4.08. The molecule has 3 rings (SSSR count). The summed E-state index contributed by atoms with van der Waals surface area (Å²) >= 11 is 0. The van der Waals surface area contributed by atoms with E-state index in [0.29, 0.717) is 18.1 Å². The molecular weight excluding hydrogens is 338 g/mol. The molecule has 1 aliphatic carbocycles. The molecule has 144 valence electrons. The van der Waals surface area contributed by atoms with Gasteiger partial charge in [-0.1, -0.05) is 42.0 Å². The van der Waals surface area contributed by atoms with Crippen molar-refractivity contribution in [3.63, 3.8) is 0 Å². The van der Waals surface area contributed by atoms with Gasteiger partial charge < -0.3 is 14.7 Å². The molecular formula is C23H29NO3. The zero-order valence-electron chi connectivity index (χ0n) is 16.4. The van der Waals surface area contributed by atoms with Crippen LogP contribution in [0, 0.1) is 12.8 Å². The van der Waals surface area contributed by atoms with Crippen LogP contribution in [0.1, 0.15) is 48.0 Å². The minimum absolute atomic E-state index is 0.0782. The van der Waals surface area contributed by atoms with Crippen LogP contribution < -0.4 is 4.74 Å². The number of carbonyl (C=O) groups excluding carboxylic acids is 1. The number of nitrogens with zero attached hydrogens (tertiary/aromatic N) is 1. The van der Waals surface area contributed by atoms with E-state index in [1.165, 1.54) is 24.0 Å². The molecule has 0 spiro atoms. The molecule has 4 nitrogen and oxygen atoms in total. The third kappa shape index (κ3) is 5.10. The maximum atomic E-state index is 12.8. The number of ether oxygens (including phenoxy) is 1. The van der Waals surface area contributed by atoms with E-state index in [9.17, 15) is 9.90 Å². The third-order valence-electron chi connectivity index (χ3n) is 5.44. The Bertz CT molecular complexity index is 767. The van der Waals surface area contributed by atoms with Gasteiger partial charge in [0.2, 0.25) is 5.91 Å². The van der Waals surface area contributed by atoms with Crippen LogP contribution in [-0.4, -0.2) is 36.6 Å². The Kier molecular flexibility index (Phi) is 6.17. The van der Waals surface area contributed by atoms with Crippen LogP contribution in [-0.2, 0) is 4.79 Å². The summed E-state index contributed by atoms with van der Waals surface area (Å²) in [5, 5.41) is 10.5. The van der Waals surface area contributed by atoms with Crippen LogP contribution in [0.15, 0.2) is 48.5 Å². The van der Waals surface area contributed by atoms with Crippen molar-refractivity contribution in [1.82, 2.24) is 4.90 Å². The van der Waals surface area contributed by atoms with Crippen molar-refractivity contribution in [2.24, 2.45) is 5.92 Å². The van der Waals surface area contributed by atoms with E-state index in [1.54, 1.807) is 19.1 Å². The monoisotopic (exact) mass is 367 g/mol. The number of aliphatic hydroxyl groups excluding tert-OH is 1. The van der Waals surface area contributed by atoms with Gasteiger partial charge in [0, 0.05) is 13.5 Å². The highest BCUT2D eigenvalue weighted by molar-refractivity contribution is 5.77. The van der Waals surface area contributed by atoms with Crippen molar-refractivity contribution >= 4 is 5.91 Å². The van der Waals surface area contributed by atoms with Gasteiger partial charge in [-0.3, -0.25) is 4.79 Å². The fourth-order valence-corrected chi connectivity index (χ4v) is 3.53. The van der Waals surface area contributed by atoms with E-state index in [0.717, 1.165) is 5.56 Å². The van der Waals surface area contributed by atoms with Crippen LogP contribution in [0.2, 0.25) is 0 Å². The fraction of sp³-hybridized carbons (Fsp3) is 0.435. The fourth-order valence-electron chi connectivity index (χ4n) is 3.53. The molecule has 27 heavy (non-hydrogen) atoms. The lowest BCUT2D eigenvalue weighted by Gasteiger charge is -2.24. The van der Waals surface area contributed by atoms with Crippen molar-refractivity contribution in [3.8, 4) is 5.75 Å². The molecule has 1 N–H and O–H groups in total. The lowest BCUT2D eigenvalue weighted by atomic mass is 9.90. The van der Waals surface area contributed by atoms with Crippen LogP contribution in [0.25, 0.3) is 0 Å². The van der Waals surface area contributed by atoms with Crippen LogP contribution in [0.5, 0.6) is 5.75 Å². The molecule has 0 aromatic heterocycles. The molecule has 1 fully saturated rings. The van der Waals surface area contributed by atoms with E-state index in [4.69, 9.17) is 4.74 Å². The zero-order valence-corrected chi connectivity index (χ0v) is 16.4. The van der Waals surface area contributed by atoms with Crippen LogP contribution >= 0.6 is 0 Å². The maximum Gasteiger partial charge on any atom is 0.223 e. The van der Waals surface area contributed by atoms with Crippen molar-refractivity contribution in [3.05, 3.63) is 65.2 Å². The van der Waals surface area contributed by atoms with Gasteiger partial charge in [-0.2, -0.15) is 0 Å². The van der Waals surface area contributed by atoms with E-state index < -0.39 is 6.10 Å². The van der Waals surface area contributed by atoms with Gasteiger partial charge in [-0.25, -0.2) is 0 Å². The normalized spacial score (nSPS) is 15.9. The Morgan fingerprint density at radius 1 is 1.19 bits per heavy atom. The summed E-state index contributed by atoms with van der Waals surface area (Å²) in [6.07, 6.45) is 2.16. The van der Waals surface area contributed by atoms with Gasteiger partial charge in [-0.05, 0) is 54.9 Å². The number of aryl methyl sites for hydroxylation is 1. The molecule has 2 atom stereocenters. The van der Waals surface area contributed by atoms with Crippen molar-refractivity contribution in [2.75, 3.05) is 20.7 Å². The first-order chi connectivity index (χ1) is 13.0. The Hall–Kier alpha value is -2.33. The SMILES string of the molecule is COc1cccc(C(O)CN(C)C(=O)CC(c2ccc(C)cc2)C2CC2)c1. The first-order valence-corrected chi connectivity index (χ1v) is 9.60. The van der Waals surface area contributed by atoms with Gasteiger partial charge in [0.25, 0.3) is 0 Å². The van der Waals surface area contributed by atoms with E-state index in [-0.39, 0.29) is 18.4 Å². The number of likely N-dealkylation sites (N-methyl/N-ethyl adjacent to an activating group) is 1. The smallest absolute Gasteiger partial charge is 0.223 e. The standard InChI is InChI=1S/C23H29NO3/c1-16-7-9-17(10-8-16)21(18-11-12-18)14-23(26)24(2)15-22(25)19-5-4-6-20(13-19)27-3/h4-10,13,18,21-22,25H,11-12,14-15H2,1-3H3. The van der Waals surface area contributed by atoms with Crippen LogP contribution in [0.3, 0.4) is 0 Å². The first-order valence-electron chi connectivity index (χ1n) is 9.60. The Morgan fingerprint density at radius 2 is 1.89 bits per heavy atom. The second-order valence-electron chi connectivity index (χ2n) is 7.63. The molecule has 1 amide bonds. The summed E-state index contributed by atoms with van der Waals surface area (Å²) < 4.78 is 5.21. The predicted molar refractivity (Wildman–Crippen MR) is 107 cm³/mol.